The van der Waals surface area contributed by atoms with E-state index in [1.807, 2.05) is 62.4 Å². The molecule has 0 saturated heterocycles. The topological polar surface area (TPSA) is 121 Å². The van der Waals surface area contributed by atoms with Crippen molar-refractivity contribution in [2.75, 3.05) is 10.6 Å². The molecule has 0 bridgehead atoms. The van der Waals surface area contributed by atoms with Gasteiger partial charge in [0.15, 0.2) is 0 Å². The van der Waals surface area contributed by atoms with E-state index in [1.165, 1.54) is 0 Å². The Hall–Kier alpha value is -3.68. The zero-order valence-corrected chi connectivity index (χ0v) is 15.7. The molecule has 1 aliphatic heterocycles. The van der Waals surface area contributed by atoms with Crippen LogP contribution in [-0.2, 0) is 9.59 Å². The highest BCUT2D eigenvalue weighted by molar-refractivity contribution is 6.11. The van der Waals surface area contributed by atoms with Gasteiger partial charge in [-0.3, -0.25) is 14.9 Å². The van der Waals surface area contributed by atoms with Crippen molar-refractivity contribution in [2.45, 2.75) is 26.3 Å². The number of hydrogen-bond acceptors (Lipinski definition) is 4. The summed E-state index contributed by atoms with van der Waals surface area (Å²) in [5.74, 6) is -0.517. The molecule has 1 aliphatic rings. The number of para-hydroxylation sites is 1. The second kappa shape index (κ2) is 8.34. The third kappa shape index (κ3) is 5.16. The summed E-state index contributed by atoms with van der Waals surface area (Å²) >= 11 is 0. The van der Waals surface area contributed by atoms with E-state index in [-0.39, 0.29) is 30.2 Å². The number of anilines is 2. The number of nitrogens with zero attached hydrogens (tertiary/aromatic N) is 2. The Morgan fingerprint density at radius 1 is 1.11 bits per heavy atom. The molecule has 1 unspecified atom stereocenters. The van der Waals surface area contributed by atoms with Crippen molar-refractivity contribution in [3.05, 3.63) is 59.7 Å². The molecule has 0 aromatic heterocycles. The van der Waals surface area contributed by atoms with Crippen LogP contribution in [0.4, 0.5) is 11.4 Å². The van der Waals surface area contributed by atoms with Crippen LogP contribution in [-0.4, -0.2) is 29.8 Å². The first-order valence-electron chi connectivity index (χ1n) is 8.82. The van der Waals surface area contributed by atoms with E-state index in [0.717, 1.165) is 16.8 Å². The van der Waals surface area contributed by atoms with Gasteiger partial charge in [0.05, 0.1) is 6.42 Å². The standard InChI is InChI=1S/C20H22N6O2/c1-12-8-13(2)10-15(9-12)22-17(27)11-16-18(28)25-20(24-16)26-19(21)23-14-6-4-3-5-7-14/h3-10,16H,11H2,1-2H3,(H,22,27)(H4,21,23,24,25,26,28). The quantitative estimate of drug-likeness (QED) is 0.480. The fourth-order valence-corrected chi connectivity index (χ4v) is 2.87. The minimum Gasteiger partial charge on any atom is -0.369 e. The second-order valence-electron chi connectivity index (χ2n) is 6.57. The van der Waals surface area contributed by atoms with Crippen LogP contribution in [0.1, 0.15) is 17.5 Å². The Kier molecular flexibility index (Phi) is 5.69. The molecule has 2 aromatic carbocycles. The average molecular weight is 378 g/mol. The lowest BCUT2D eigenvalue weighted by molar-refractivity contribution is -0.123. The van der Waals surface area contributed by atoms with Crippen molar-refractivity contribution in [1.82, 2.24) is 5.32 Å². The van der Waals surface area contributed by atoms with E-state index in [4.69, 9.17) is 5.73 Å². The van der Waals surface area contributed by atoms with Gasteiger partial charge in [0, 0.05) is 11.4 Å². The monoisotopic (exact) mass is 378 g/mol. The number of aliphatic imine (C=N–C) groups is 2. The minimum atomic E-state index is -0.839. The van der Waals surface area contributed by atoms with Crippen LogP contribution >= 0.6 is 0 Å². The first-order chi connectivity index (χ1) is 13.4. The number of amides is 2. The molecule has 1 atom stereocenters. The van der Waals surface area contributed by atoms with E-state index < -0.39 is 6.04 Å². The zero-order valence-electron chi connectivity index (χ0n) is 15.7. The zero-order chi connectivity index (χ0) is 20.1. The van der Waals surface area contributed by atoms with Crippen LogP contribution in [0.3, 0.4) is 0 Å². The Bertz CT molecular complexity index is 932. The van der Waals surface area contributed by atoms with Gasteiger partial charge in [0.1, 0.15) is 6.04 Å². The van der Waals surface area contributed by atoms with Crippen LogP contribution in [0.5, 0.6) is 0 Å². The molecule has 0 spiro atoms. The first kappa shape index (κ1) is 19.1. The summed E-state index contributed by atoms with van der Waals surface area (Å²) in [6.07, 6.45) is -0.0795. The number of carbonyl (C=O) groups excluding carboxylic acids is 2. The van der Waals surface area contributed by atoms with E-state index in [9.17, 15) is 9.59 Å². The number of guanidine groups is 2. The van der Waals surface area contributed by atoms with Crippen LogP contribution < -0.4 is 21.7 Å². The molecule has 144 valence electrons. The lowest BCUT2D eigenvalue weighted by atomic mass is 10.1. The maximum Gasteiger partial charge on any atom is 0.252 e. The molecule has 0 radical (unpaired) electrons. The highest BCUT2D eigenvalue weighted by Crippen LogP contribution is 2.15. The van der Waals surface area contributed by atoms with Crippen LogP contribution in [0.2, 0.25) is 0 Å². The van der Waals surface area contributed by atoms with E-state index >= 15 is 0 Å². The summed E-state index contributed by atoms with van der Waals surface area (Å²) in [5.41, 5.74) is 9.38. The third-order valence-electron chi connectivity index (χ3n) is 3.97. The Morgan fingerprint density at radius 3 is 2.46 bits per heavy atom. The molecule has 5 N–H and O–H groups in total. The molecule has 1 heterocycles. The molecule has 8 nitrogen and oxygen atoms in total. The van der Waals surface area contributed by atoms with Crippen LogP contribution in [0, 0.1) is 13.8 Å². The molecular formula is C20H22N6O2. The fourth-order valence-electron chi connectivity index (χ4n) is 2.87. The Labute approximate surface area is 163 Å². The number of hydrogen-bond donors (Lipinski definition) is 4. The van der Waals surface area contributed by atoms with Gasteiger partial charge in [-0.2, -0.15) is 4.99 Å². The van der Waals surface area contributed by atoms with Crippen molar-refractivity contribution in [3.63, 3.8) is 0 Å². The van der Waals surface area contributed by atoms with Gasteiger partial charge in [-0.25, -0.2) is 4.99 Å². The van der Waals surface area contributed by atoms with E-state index in [1.54, 1.807) is 0 Å². The summed E-state index contributed by atoms with van der Waals surface area (Å²) in [6.45, 7) is 3.91. The fraction of sp³-hybridized carbons (Fsp3) is 0.200. The maximum absolute atomic E-state index is 12.3. The lowest BCUT2D eigenvalue weighted by Gasteiger charge is -2.08. The summed E-state index contributed by atoms with van der Waals surface area (Å²) in [4.78, 5) is 32.6. The normalized spacial score (nSPS) is 16.4. The second-order valence-corrected chi connectivity index (χ2v) is 6.57. The summed E-state index contributed by atoms with van der Waals surface area (Å²) in [7, 11) is 0. The molecule has 3 rings (SSSR count). The first-order valence-corrected chi connectivity index (χ1v) is 8.82. The molecule has 8 heteroatoms. The average Bonchev–Trinajstić information content (AvgIpc) is 2.93. The van der Waals surface area contributed by atoms with Crippen LogP contribution in [0.25, 0.3) is 0 Å². The third-order valence-corrected chi connectivity index (χ3v) is 3.97. The minimum absolute atomic E-state index is 0.0788. The summed E-state index contributed by atoms with van der Waals surface area (Å²) < 4.78 is 0. The summed E-state index contributed by atoms with van der Waals surface area (Å²) in [5, 5.41) is 8.23. The van der Waals surface area contributed by atoms with Gasteiger partial charge in [-0.1, -0.05) is 24.3 Å². The molecule has 2 aromatic rings. The van der Waals surface area contributed by atoms with Crippen molar-refractivity contribution in [1.29, 1.82) is 0 Å². The molecule has 2 amide bonds. The molecule has 0 aliphatic carbocycles. The predicted octanol–water partition coefficient (Wildman–Crippen LogP) is 1.91. The van der Waals surface area contributed by atoms with Crippen molar-refractivity contribution < 1.29 is 9.59 Å². The predicted molar refractivity (Wildman–Crippen MR) is 110 cm³/mol. The van der Waals surface area contributed by atoms with Crippen molar-refractivity contribution in [2.24, 2.45) is 15.7 Å². The van der Waals surface area contributed by atoms with Gasteiger partial charge in [-0.15, -0.1) is 0 Å². The van der Waals surface area contributed by atoms with Crippen LogP contribution in [0.15, 0.2) is 58.5 Å². The van der Waals surface area contributed by atoms with E-state index in [2.05, 4.69) is 25.9 Å². The van der Waals surface area contributed by atoms with Gasteiger partial charge >= 0.3 is 0 Å². The molecule has 0 fully saturated rings. The largest absolute Gasteiger partial charge is 0.369 e. The summed E-state index contributed by atoms with van der Waals surface area (Å²) in [6, 6.07) is 14.2. The highest BCUT2D eigenvalue weighted by Gasteiger charge is 2.28. The van der Waals surface area contributed by atoms with Crippen molar-refractivity contribution in [3.8, 4) is 0 Å². The SMILES string of the molecule is Cc1cc(C)cc(NC(=O)CC2N=C(/N=C(\N)Nc3ccccc3)NC2=O)c1. The Balaban J connectivity index is 1.61. The van der Waals surface area contributed by atoms with Gasteiger partial charge in [-0.05, 0) is 49.2 Å². The van der Waals surface area contributed by atoms with Gasteiger partial charge < -0.3 is 16.4 Å². The number of carbonyl (C=O) groups is 2. The lowest BCUT2D eigenvalue weighted by Crippen LogP contribution is -2.32. The molecule has 0 saturated carbocycles. The smallest absolute Gasteiger partial charge is 0.252 e. The van der Waals surface area contributed by atoms with E-state index in [0.29, 0.717) is 5.69 Å². The Morgan fingerprint density at radius 2 is 1.79 bits per heavy atom. The number of aryl methyl sites for hydroxylation is 2. The highest BCUT2D eigenvalue weighted by atomic mass is 16.2. The van der Waals surface area contributed by atoms with Gasteiger partial charge in [0.25, 0.3) is 5.91 Å². The molecular weight excluding hydrogens is 356 g/mol. The van der Waals surface area contributed by atoms with Crippen molar-refractivity contribution >= 4 is 35.1 Å². The van der Waals surface area contributed by atoms with Gasteiger partial charge in [0.2, 0.25) is 17.8 Å². The number of nitrogens with one attached hydrogen (secondary N) is 3. The number of nitrogens with two attached hydrogens (primary N) is 1. The number of rotatable bonds is 4. The molecule has 28 heavy (non-hydrogen) atoms. The maximum atomic E-state index is 12.3. The number of benzene rings is 2.